The lowest BCUT2D eigenvalue weighted by molar-refractivity contribution is -0.676. The molecule has 4 N–H and O–H groups in total. The van der Waals surface area contributed by atoms with Crippen molar-refractivity contribution in [1.29, 1.82) is 0 Å². The number of alkyl halides is 2. The third kappa shape index (κ3) is 6.02. The molecular formula is C20H22F2N3O3+. The summed E-state index contributed by atoms with van der Waals surface area (Å²) in [6, 6.07) is 15.2. The topological polar surface area (TPSA) is 84.0 Å². The van der Waals surface area contributed by atoms with Gasteiger partial charge in [0.05, 0.1) is 0 Å². The van der Waals surface area contributed by atoms with E-state index in [0.717, 1.165) is 24.0 Å². The summed E-state index contributed by atoms with van der Waals surface area (Å²) in [5.74, 6) is -0.336. The fourth-order valence-electron chi connectivity index (χ4n) is 2.83. The first kappa shape index (κ1) is 19.8. The fraction of sp³-hybridized carbons (Fsp3) is 0.300. The van der Waals surface area contributed by atoms with Crippen molar-refractivity contribution in [3.8, 4) is 5.75 Å². The highest BCUT2D eigenvalue weighted by Gasteiger charge is 2.25. The number of nitrogens with one attached hydrogen (secondary N) is 2. The number of hydrogen-bond donors (Lipinski definition) is 3. The van der Waals surface area contributed by atoms with E-state index < -0.39 is 18.5 Å². The highest BCUT2D eigenvalue weighted by Crippen LogP contribution is 2.22. The number of ether oxygens (including phenoxy) is 1. The normalized spacial score (nSPS) is 14.4. The van der Waals surface area contributed by atoms with Crippen molar-refractivity contribution < 1.29 is 28.4 Å². The quantitative estimate of drug-likeness (QED) is 0.644. The zero-order chi connectivity index (χ0) is 19.9. The molecule has 1 fully saturated rings. The lowest BCUT2D eigenvalue weighted by Gasteiger charge is -2.17. The Labute approximate surface area is 161 Å². The van der Waals surface area contributed by atoms with Crippen molar-refractivity contribution in [3.63, 3.8) is 0 Å². The van der Waals surface area contributed by atoms with Crippen LogP contribution in [-0.2, 0) is 4.79 Å². The van der Waals surface area contributed by atoms with E-state index in [1.807, 2.05) is 30.3 Å². The van der Waals surface area contributed by atoms with Gasteiger partial charge in [-0.05, 0) is 37.1 Å². The van der Waals surface area contributed by atoms with Gasteiger partial charge < -0.3 is 15.4 Å². The average Bonchev–Trinajstić information content (AvgIpc) is 3.47. The van der Waals surface area contributed by atoms with Gasteiger partial charge in [-0.2, -0.15) is 8.78 Å². The summed E-state index contributed by atoms with van der Waals surface area (Å²) >= 11 is 0. The van der Waals surface area contributed by atoms with Gasteiger partial charge in [-0.1, -0.05) is 30.3 Å². The summed E-state index contributed by atoms with van der Waals surface area (Å²) in [5.41, 5.74) is 1.77. The van der Waals surface area contributed by atoms with Crippen molar-refractivity contribution in [3.05, 3.63) is 65.7 Å². The van der Waals surface area contributed by atoms with Crippen LogP contribution in [0.15, 0.2) is 54.6 Å². The minimum Gasteiger partial charge on any atom is -0.435 e. The molecule has 2 aromatic rings. The van der Waals surface area contributed by atoms with E-state index in [0.29, 0.717) is 0 Å². The van der Waals surface area contributed by atoms with E-state index in [4.69, 9.17) is 0 Å². The van der Waals surface area contributed by atoms with Crippen molar-refractivity contribution in [2.24, 2.45) is 0 Å². The molecule has 8 heteroatoms. The Morgan fingerprint density at radius 3 is 2.29 bits per heavy atom. The predicted octanol–water partition coefficient (Wildman–Crippen LogP) is 1.93. The number of amides is 3. The number of urea groups is 1. The molecule has 1 aliphatic carbocycles. The number of rotatable bonds is 8. The van der Waals surface area contributed by atoms with Crippen LogP contribution in [0.2, 0.25) is 0 Å². The predicted molar refractivity (Wildman–Crippen MR) is 97.8 cm³/mol. The third-order valence-electron chi connectivity index (χ3n) is 4.33. The molecule has 148 valence electrons. The molecule has 1 aliphatic rings. The number of nitrogens with two attached hydrogens (primary N) is 1. The Kier molecular flexibility index (Phi) is 6.54. The monoisotopic (exact) mass is 390 g/mol. The number of hydrogen-bond acceptors (Lipinski definition) is 3. The van der Waals surface area contributed by atoms with Gasteiger partial charge in [0.2, 0.25) is 0 Å². The van der Waals surface area contributed by atoms with E-state index in [2.05, 4.69) is 15.4 Å². The fourth-order valence-corrected chi connectivity index (χ4v) is 2.83. The van der Waals surface area contributed by atoms with Gasteiger partial charge >= 0.3 is 12.6 Å². The summed E-state index contributed by atoms with van der Waals surface area (Å²) in [5, 5.41) is 6.80. The molecule has 0 aliphatic heterocycles. The van der Waals surface area contributed by atoms with Crippen LogP contribution in [0.3, 0.4) is 0 Å². The molecule has 6 nitrogen and oxygen atoms in total. The van der Waals surface area contributed by atoms with Gasteiger partial charge in [-0.3, -0.25) is 10.1 Å². The van der Waals surface area contributed by atoms with Crippen molar-refractivity contribution >= 4 is 11.9 Å². The summed E-state index contributed by atoms with van der Waals surface area (Å²) in [4.78, 5) is 23.8. The Bertz CT molecular complexity index is 796. The van der Waals surface area contributed by atoms with E-state index >= 15 is 0 Å². The minimum atomic E-state index is -2.88. The summed E-state index contributed by atoms with van der Waals surface area (Å²) < 4.78 is 29.1. The maximum Gasteiger partial charge on any atom is 0.387 e. The van der Waals surface area contributed by atoms with E-state index in [1.54, 1.807) is 17.4 Å². The zero-order valence-electron chi connectivity index (χ0n) is 15.1. The molecule has 0 heterocycles. The number of carbonyl (C=O) groups is 2. The van der Waals surface area contributed by atoms with Crippen LogP contribution in [0.5, 0.6) is 5.75 Å². The molecule has 0 radical (unpaired) electrons. The number of carbonyl (C=O) groups excluding carboxylic acids is 2. The van der Waals surface area contributed by atoms with E-state index in [-0.39, 0.29) is 24.4 Å². The van der Waals surface area contributed by atoms with Gasteiger partial charge in [0.15, 0.2) is 6.54 Å². The van der Waals surface area contributed by atoms with Gasteiger partial charge in [0, 0.05) is 17.2 Å². The lowest BCUT2D eigenvalue weighted by Crippen LogP contribution is -2.88. The van der Waals surface area contributed by atoms with Gasteiger partial charge in [0.1, 0.15) is 11.8 Å². The number of quaternary nitrogens is 1. The van der Waals surface area contributed by atoms with Crippen LogP contribution in [0.1, 0.15) is 30.0 Å². The Morgan fingerprint density at radius 1 is 1.04 bits per heavy atom. The van der Waals surface area contributed by atoms with Crippen LogP contribution >= 0.6 is 0 Å². The number of imide groups is 1. The second kappa shape index (κ2) is 9.27. The zero-order valence-corrected chi connectivity index (χ0v) is 15.1. The second-order valence-corrected chi connectivity index (χ2v) is 6.57. The van der Waals surface area contributed by atoms with Crippen LogP contribution in [0, 0.1) is 0 Å². The molecule has 1 saturated carbocycles. The molecule has 3 amide bonds. The largest absolute Gasteiger partial charge is 0.435 e. The Hall–Kier alpha value is -3.00. The first-order valence-corrected chi connectivity index (χ1v) is 9.04. The van der Waals surface area contributed by atoms with Gasteiger partial charge in [-0.25, -0.2) is 4.79 Å². The Morgan fingerprint density at radius 2 is 1.68 bits per heavy atom. The second-order valence-electron chi connectivity index (χ2n) is 6.57. The lowest BCUT2D eigenvalue weighted by atomic mass is 9.98. The summed E-state index contributed by atoms with van der Waals surface area (Å²) in [6.07, 6.45) is 1.88. The number of halogens is 2. The molecule has 1 atom stereocenters. The molecule has 0 bridgehead atoms. The van der Waals surface area contributed by atoms with Gasteiger partial charge in [-0.15, -0.1) is 0 Å². The van der Waals surface area contributed by atoms with E-state index in [1.165, 1.54) is 12.1 Å². The van der Waals surface area contributed by atoms with E-state index in [9.17, 15) is 18.4 Å². The van der Waals surface area contributed by atoms with Gasteiger partial charge in [0.25, 0.3) is 5.91 Å². The molecule has 0 aromatic heterocycles. The third-order valence-corrected chi connectivity index (χ3v) is 4.33. The first-order valence-electron chi connectivity index (χ1n) is 9.04. The molecule has 3 rings (SSSR count). The van der Waals surface area contributed by atoms with Crippen LogP contribution in [0.25, 0.3) is 0 Å². The first-order chi connectivity index (χ1) is 13.5. The highest BCUT2D eigenvalue weighted by molar-refractivity contribution is 5.94. The molecule has 0 unspecified atom stereocenters. The van der Waals surface area contributed by atoms with Crippen LogP contribution in [-0.4, -0.2) is 31.1 Å². The maximum atomic E-state index is 12.3. The summed E-state index contributed by atoms with van der Waals surface area (Å²) in [6.45, 7) is -2.85. The smallest absolute Gasteiger partial charge is 0.387 e. The van der Waals surface area contributed by atoms with Crippen molar-refractivity contribution in [2.75, 3.05) is 6.54 Å². The molecule has 0 spiro atoms. The molecule has 0 saturated heterocycles. The summed E-state index contributed by atoms with van der Waals surface area (Å²) in [7, 11) is 0. The average molecular weight is 390 g/mol. The minimum absolute atomic E-state index is 0.0347. The molecule has 2 aromatic carbocycles. The standard InChI is InChI=1S/C20H21F2N3O3/c21-19(22)28-16-10-6-14(7-11-16)18(13-4-2-1-3-5-13)23-12-17(26)25-20(27)24-15-8-9-15/h1-7,10-11,15,18-19,23H,8-9,12H2,(H2,24,25,26,27)/p+1/t18-/m1/s1. The SMILES string of the molecule is O=C(C[NH2+][C@H](c1ccccc1)c1ccc(OC(F)F)cc1)NC(=O)NC1CC1. The van der Waals surface area contributed by atoms with Crippen LogP contribution in [0.4, 0.5) is 13.6 Å². The number of benzene rings is 2. The molecule has 28 heavy (non-hydrogen) atoms. The molecular weight excluding hydrogens is 368 g/mol. The Balaban J connectivity index is 1.65. The van der Waals surface area contributed by atoms with Crippen molar-refractivity contribution in [2.45, 2.75) is 31.5 Å². The van der Waals surface area contributed by atoms with Crippen LogP contribution < -0.4 is 20.7 Å². The van der Waals surface area contributed by atoms with Crippen molar-refractivity contribution in [1.82, 2.24) is 10.6 Å². The maximum absolute atomic E-state index is 12.3. The highest BCUT2D eigenvalue weighted by atomic mass is 19.3.